The van der Waals surface area contributed by atoms with Crippen LogP contribution in [0.2, 0.25) is 0 Å². The predicted molar refractivity (Wildman–Crippen MR) is 128 cm³/mol. The number of thiophene rings is 2. The van der Waals surface area contributed by atoms with Gasteiger partial charge in [-0.25, -0.2) is 9.59 Å². The van der Waals surface area contributed by atoms with E-state index in [9.17, 15) is 19.2 Å². The maximum atomic E-state index is 13.2. The minimum absolute atomic E-state index is 0.213. The van der Waals surface area contributed by atoms with Crippen LogP contribution in [0.1, 0.15) is 25.7 Å². The maximum Gasteiger partial charge on any atom is 0.342 e. The van der Waals surface area contributed by atoms with Crippen molar-refractivity contribution in [3.8, 4) is 11.1 Å². The van der Waals surface area contributed by atoms with Crippen LogP contribution in [0.4, 0.5) is 5.00 Å². The lowest BCUT2D eigenvalue weighted by molar-refractivity contribution is 0.0465. The number of amides is 1. The molecular formula is C23H19N3O5S2. The maximum absolute atomic E-state index is 13.2. The molecule has 1 amide bonds. The lowest BCUT2D eigenvalue weighted by Gasteiger charge is -2.12. The number of nitrogens with zero attached hydrogens (tertiary/aromatic N) is 2. The Morgan fingerprint density at radius 3 is 2.45 bits per heavy atom. The summed E-state index contributed by atoms with van der Waals surface area (Å²) in [6.07, 6.45) is 0. The fourth-order valence-electron chi connectivity index (χ4n) is 3.18. The molecule has 0 unspecified atom stereocenters. The first-order chi connectivity index (χ1) is 15.9. The molecule has 0 fully saturated rings. The van der Waals surface area contributed by atoms with Gasteiger partial charge in [0.05, 0.1) is 10.6 Å². The molecule has 4 rings (SSSR count). The van der Waals surface area contributed by atoms with Gasteiger partial charge in [-0.05, 0) is 17.0 Å². The van der Waals surface area contributed by atoms with E-state index in [0.29, 0.717) is 15.4 Å². The Kier molecular flexibility index (Phi) is 6.38. The average molecular weight is 482 g/mol. The second kappa shape index (κ2) is 9.39. The van der Waals surface area contributed by atoms with Crippen molar-refractivity contribution in [3.05, 3.63) is 96.3 Å². The second-order valence-electron chi connectivity index (χ2n) is 7.10. The Balaban J connectivity index is 1.66. The lowest BCUT2D eigenvalue weighted by atomic mass is 10.0. The summed E-state index contributed by atoms with van der Waals surface area (Å²) in [4.78, 5) is 50.4. The molecule has 1 aromatic carbocycles. The summed E-state index contributed by atoms with van der Waals surface area (Å²) in [7, 11) is 2.87. The van der Waals surface area contributed by atoms with E-state index >= 15 is 0 Å². The van der Waals surface area contributed by atoms with Crippen LogP contribution in [0.3, 0.4) is 0 Å². The molecule has 0 aliphatic carbocycles. The first-order valence-corrected chi connectivity index (χ1v) is 11.6. The lowest BCUT2D eigenvalue weighted by Crippen LogP contribution is -2.38. The Labute approximate surface area is 196 Å². The number of hydrogen-bond acceptors (Lipinski definition) is 7. The molecule has 0 bridgehead atoms. The zero-order chi connectivity index (χ0) is 23.5. The Morgan fingerprint density at radius 1 is 1.00 bits per heavy atom. The van der Waals surface area contributed by atoms with E-state index < -0.39 is 17.2 Å². The van der Waals surface area contributed by atoms with Crippen molar-refractivity contribution in [1.29, 1.82) is 0 Å². The number of hydrogen-bond donors (Lipinski definition) is 1. The summed E-state index contributed by atoms with van der Waals surface area (Å²) in [6.45, 7) is -0.275. The summed E-state index contributed by atoms with van der Waals surface area (Å²) in [5.41, 5.74) is 0.872. The highest BCUT2D eigenvalue weighted by Crippen LogP contribution is 2.36. The summed E-state index contributed by atoms with van der Waals surface area (Å²) in [6, 6.07) is 14.0. The van der Waals surface area contributed by atoms with E-state index in [-0.39, 0.29) is 23.8 Å². The molecule has 3 heterocycles. The third-order valence-electron chi connectivity index (χ3n) is 5.03. The van der Waals surface area contributed by atoms with Gasteiger partial charge in [-0.1, -0.05) is 36.4 Å². The van der Waals surface area contributed by atoms with E-state index in [2.05, 4.69) is 5.32 Å². The van der Waals surface area contributed by atoms with Crippen LogP contribution in [0, 0.1) is 0 Å². The molecule has 0 saturated carbocycles. The molecule has 8 nitrogen and oxygen atoms in total. The smallest absolute Gasteiger partial charge is 0.342 e. The van der Waals surface area contributed by atoms with Gasteiger partial charge in [0.25, 0.3) is 11.5 Å². The number of anilines is 1. The molecule has 0 aliphatic heterocycles. The van der Waals surface area contributed by atoms with Gasteiger partial charge in [0, 0.05) is 31.1 Å². The molecule has 0 aliphatic rings. The Morgan fingerprint density at radius 2 is 1.76 bits per heavy atom. The van der Waals surface area contributed by atoms with E-state index in [1.807, 2.05) is 30.3 Å². The SMILES string of the molecule is Cn1c(COC(=O)c2c(-c3ccccc3)csc2NC(=O)c2cccs2)cc(=O)n(C)c1=O. The third-order valence-corrected chi connectivity index (χ3v) is 6.79. The molecule has 33 heavy (non-hydrogen) atoms. The highest BCUT2D eigenvalue weighted by Gasteiger charge is 2.24. The number of ether oxygens (including phenoxy) is 1. The van der Waals surface area contributed by atoms with Crippen molar-refractivity contribution in [2.75, 3.05) is 5.32 Å². The van der Waals surface area contributed by atoms with Gasteiger partial charge in [0.2, 0.25) is 0 Å². The number of carbonyl (C=O) groups is 2. The second-order valence-corrected chi connectivity index (χ2v) is 8.93. The summed E-state index contributed by atoms with van der Waals surface area (Å²) in [5, 5.41) is 6.73. The van der Waals surface area contributed by atoms with E-state index in [4.69, 9.17) is 4.74 Å². The Hall–Kier alpha value is -3.76. The normalized spacial score (nSPS) is 10.7. The highest BCUT2D eigenvalue weighted by atomic mass is 32.1. The van der Waals surface area contributed by atoms with E-state index in [1.165, 1.54) is 47.4 Å². The van der Waals surface area contributed by atoms with Crippen LogP contribution < -0.4 is 16.6 Å². The molecule has 0 saturated heterocycles. The first-order valence-electron chi connectivity index (χ1n) is 9.81. The zero-order valence-electron chi connectivity index (χ0n) is 17.7. The number of benzene rings is 1. The largest absolute Gasteiger partial charge is 0.456 e. The summed E-state index contributed by atoms with van der Waals surface area (Å²) in [5.74, 6) is -1.00. The van der Waals surface area contributed by atoms with Crippen molar-refractivity contribution >= 4 is 39.6 Å². The average Bonchev–Trinajstić information content (AvgIpc) is 3.50. The molecule has 3 aromatic heterocycles. The van der Waals surface area contributed by atoms with Gasteiger partial charge in [0.1, 0.15) is 17.2 Å². The van der Waals surface area contributed by atoms with Crippen molar-refractivity contribution in [3.63, 3.8) is 0 Å². The van der Waals surface area contributed by atoms with Gasteiger partial charge in [-0.3, -0.25) is 18.7 Å². The molecule has 0 atom stereocenters. The van der Waals surface area contributed by atoms with Gasteiger partial charge in [-0.2, -0.15) is 0 Å². The molecule has 4 aromatic rings. The van der Waals surface area contributed by atoms with Gasteiger partial charge in [-0.15, -0.1) is 22.7 Å². The number of carbonyl (C=O) groups excluding carboxylic acids is 2. The van der Waals surface area contributed by atoms with Crippen LogP contribution in [-0.4, -0.2) is 21.0 Å². The van der Waals surface area contributed by atoms with Crippen LogP contribution in [0.15, 0.2) is 68.9 Å². The summed E-state index contributed by atoms with van der Waals surface area (Å²) < 4.78 is 7.71. The number of nitrogens with one attached hydrogen (secondary N) is 1. The molecular weight excluding hydrogens is 462 g/mol. The topological polar surface area (TPSA) is 99.4 Å². The van der Waals surface area contributed by atoms with Crippen LogP contribution in [-0.2, 0) is 25.4 Å². The van der Waals surface area contributed by atoms with Crippen LogP contribution in [0.5, 0.6) is 0 Å². The van der Waals surface area contributed by atoms with Crippen LogP contribution >= 0.6 is 22.7 Å². The number of aromatic nitrogens is 2. The number of rotatable bonds is 6. The summed E-state index contributed by atoms with van der Waals surface area (Å²) >= 11 is 2.51. The number of esters is 1. The fraction of sp³-hybridized carbons (Fsp3) is 0.130. The van der Waals surface area contributed by atoms with Crippen molar-refractivity contribution in [2.45, 2.75) is 6.61 Å². The minimum atomic E-state index is -0.676. The van der Waals surface area contributed by atoms with E-state index in [0.717, 1.165) is 10.1 Å². The van der Waals surface area contributed by atoms with Crippen LogP contribution in [0.25, 0.3) is 11.1 Å². The quantitative estimate of drug-likeness (QED) is 0.425. The molecule has 0 radical (unpaired) electrons. The molecule has 10 heteroatoms. The van der Waals surface area contributed by atoms with Gasteiger partial charge < -0.3 is 10.1 Å². The van der Waals surface area contributed by atoms with Crippen molar-refractivity contribution in [1.82, 2.24) is 9.13 Å². The monoisotopic (exact) mass is 481 g/mol. The molecule has 0 spiro atoms. The van der Waals surface area contributed by atoms with Crippen molar-refractivity contribution < 1.29 is 14.3 Å². The van der Waals surface area contributed by atoms with E-state index in [1.54, 1.807) is 22.9 Å². The molecule has 168 valence electrons. The minimum Gasteiger partial charge on any atom is -0.456 e. The predicted octanol–water partition coefficient (Wildman–Crippen LogP) is 3.48. The van der Waals surface area contributed by atoms with Gasteiger partial charge >= 0.3 is 11.7 Å². The first kappa shape index (κ1) is 22.4. The highest BCUT2D eigenvalue weighted by molar-refractivity contribution is 7.15. The third kappa shape index (κ3) is 4.57. The standard InChI is InChI=1S/C23H19N3O5S2/c1-25-15(11-18(27)26(2)23(25)30)12-31-22(29)19-16(14-7-4-3-5-8-14)13-33-21(19)24-20(28)17-9-6-10-32-17/h3-11,13H,12H2,1-2H3,(H,24,28). The van der Waals surface area contributed by atoms with Gasteiger partial charge in [0.15, 0.2) is 0 Å². The van der Waals surface area contributed by atoms with Crippen molar-refractivity contribution in [2.24, 2.45) is 14.1 Å². The zero-order valence-corrected chi connectivity index (χ0v) is 19.4. The fourth-order valence-corrected chi connectivity index (χ4v) is 4.75. The Bertz CT molecular complexity index is 1430. The molecule has 1 N–H and O–H groups in total.